The maximum atomic E-state index is 4.87. The summed E-state index contributed by atoms with van der Waals surface area (Å²) in [6, 6.07) is 58.2. The van der Waals surface area contributed by atoms with Gasteiger partial charge in [-0.3, -0.25) is 9.97 Å². The Labute approximate surface area is 284 Å². The Morgan fingerprint density at radius 1 is 0.367 bits per heavy atom. The molecule has 1 spiro atoms. The highest BCUT2D eigenvalue weighted by Gasteiger charge is 2.50. The van der Waals surface area contributed by atoms with E-state index in [-0.39, 0.29) is 0 Å². The van der Waals surface area contributed by atoms with Crippen molar-refractivity contribution in [3.05, 3.63) is 192 Å². The van der Waals surface area contributed by atoms with Crippen LogP contribution in [0.2, 0.25) is 0 Å². The van der Waals surface area contributed by atoms with Gasteiger partial charge >= 0.3 is 0 Å². The molecule has 2 aliphatic carbocycles. The van der Waals surface area contributed by atoms with Gasteiger partial charge in [-0.15, -0.1) is 0 Å². The molecule has 49 heavy (non-hydrogen) atoms. The zero-order valence-corrected chi connectivity index (χ0v) is 26.6. The molecule has 7 aromatic carbocycles. The minimum Gasteiger partial charge on any atom is -0.254 e. The van der Waals surface area contributed by atoms with Crippen LogP contribution < -0.4 is 0 Å². The van der Waals surface area contributed by atoms with Crippen LogP contribution in [0, 0.1) is 0 Å². The van der Waals surface area contributed by atoms with Gasteiger partial charge in [0.25, 0.3) is 0 Å². The van der Waals surface area contributed by atoms with E-state index in [9.17, 15) is 0 Å². The SMILES string of the molecule is c1ccc2c(c1)-c1c(-c3ccc(-c4cnc5c(ccc6cccnc65)c4)cc3)cccc1C21c2ccccc2-c2cccc3cccc1c23. The Morgan fingerprint density at radius 2 is 0.980 bits per heavy atom. The van der Waals surface area contributed by atoms with Gasteiger partial charge in [-0.2, -0.15) is 0 Å². The van der Waals surface area contributed by atoms with Crippen molar-refractivity contribution in [2.24, 2.45) is 0 Å². The molecule has 1 unspecified atom stereocenters. The average Bonchev–Trinajstić information content (AvgIpc) is 3.47. The summed E-state index contributed by atoms with van der Waals surface area (Å²) in [6.45, 7) is 0. The normalized spacial score (nSPS) is 15.4. The van der Waals surface area contributed by atoms with E-state index in [4.69, 9.17) is 4.98 Å². The first-order chi connectivity index (χ1) is 24.3. The number of rotatable bonds is 2. The van der Waals surface area contributed by atoms with Gasteiger partial charge in [0.15, 0.2) is 0 Å². The summed E-state index contributed by atoms with van der Waals surface area (Å²) in [7, 11) is 0. The summed E-state index contributed by atoms with van der Waals surface area (Å²) in [5.74, 6) is 0. The highest BCUT2D eigenvalue weighted by Crippen LogP contribution is 2.63. The molecular weight excluding hydrogens is 593 g/mol. The van der Waals surface area contributed by atoms with Crippen molar-refractivity contribution in [3.8, 4) is 44.5 Å². The lowest BCUT2D eigenvalue weighted by molar-refractivity contribution is 0.773. The van der Waals surface area contributed by atoms with E-state index in [1.165, 1.54) is 66.4 Å². The Balaban J connectivity index is 1.11. The van der Waals surface area contributed by atoms with Gasteiger partial charge in [-0.25, -0.2) is 0 Å². The molecule has 2 aliphatic rings. The fourth-order valence-electron chi connectivity index (χ4n) is 8.95. The van der Waals surface area contributed by atoms with Crippen LogP contribution in [0.15, 0.2) is 170 Å². The smallest absolute Gasteiger partial charge is 0.0964 e. The van der Waals surface area contributed by atoms with Crippen molar-refractivity contribution in [2.75, 3.05) is 0 Å². The number of pyridine rings is 2. The van der Waals surface area contributed by atoms with E-state index in [0.29, 0.717) is 0 Å². The third-order valence-electron chi connectivity index (χ3n) is 11.0. The van der Waals surface area contributed by atoms with Gasteiger partial charge in [0, 0.05) is 28.7 Å². The third-order valence-corrected chi connectivity index (χ3v) is 11.0. The van der Waals surface area contributed by atoms with E-state index in [1.54, 1.807) is 0 Å². The average molecular weight is 621 g/mol. The molecule has 2 heteroatoms. The summed E-state index contributed by atoms with van der Waals surface area (Å²) in [5, 5.41) is 4.85. The first-order valence-corrected chi connectivity index (χ1v) is 16.9. The van der Waals surface area contributed by atoms with Crippen molar-refractivity contribution in [1.82, 2.24) is 9.97 Å². The van der Waals surface area contributed by atoms with Crippen LogP contribution in [0.1, 0.15) is 22.3 Å². The Bertz CT molecular complexity index is 2820. The molecule has 11 rings (SSSR count). The summed E-state index contributed by atoms with van der Waals surface area (Å²) in [4.78, 5) is 9.48. The monoisotopic (exact) mass is 620 g/mol. The first-order valence-electron chi connectivity index (χ1n) is 16.9. The van der Waals surface area contributed by atoms with Gasteiger partial charge in [-0.05, 0) is 84.1 Å². The summed E-state index contributed by atoms with van der Waals surface area (Å²) < 4.78 is 0. The van der Waals surface area contributed by atoms with E-state index in [2.05, 4.69) is 157 Å². The van der Waals surface area contributed by atoms with Gasteiger partial charge in [-0.1, -0.05) is 146 Å². The number of fused-ring (bicyclic) bond motifs is 12. The topological polar surface area (TPSA) is 25.8 Å². The van der Waals surface area contributed by atoms with Crippen molar-refractivity contribution in [3.63, 3.8) is 0 Å². The number of benzene rings is 7. The summed E-state index contributed by atoms with van der Waals surface area (Å²) in [6.07, 6.45) is 3.81. The van der Waals surface area contributed by atoms with Crippen molar-refractivity contribution in [2.45, 2.75) is 5.41 Å². The minimum atomic E-state index is -0.415. The third kappa shape index (κ3) is 3.50. The lowest BCUT2D eigenvalue weighted by Gasteiger charge is -2.40. The molecule has 0 aliphatic heterocycles. The highest BCUT2D eigenvalue weighted by molar-refractivity contribution is 6.08. The molecule has 0 amide bonds. The minimum absolute atomic E-state index is 0.415. The largest absolute Gasteiger partial charge is 0.254 e. The predicted octanol–water partition coefficient (Wildman–Crippen LogP) is 11.6. The van der Waals surface area contributed by atoms with E-state index in [1.807, 2.05) is 18.5 Å². The van der Waals surface area contributed by atoms with Crippen LogP contribution in [0.3, 0.4) is 0 Å². The fraction of sp³-hybridized carbons (Fsp3) is 0.0213. The number of hydrogen-bond donors (Lipinski definition) is 0. The number of nitrogens with zero attached hydrogens (tertiary/aromatic N) is 2. The first kappa shape index (κ1) is 26.7. The standard InChI is InChI=1S/C47H28N2/c1-3-16-39-36(12-1)37-15-5-9-31-10-6-18-41(43(31)37)47(39)40-17-4-2-13-38(40)44-35(14-7-19-42(44)47)30-22-20-29(21-23-30)34-27-33-25-24-32-11-8-26-48-45(32)46(33)49-28-34/h1-28H. The predicted molar refractivity (Wildman–Crippen MR) is 202 cm³/mol. The summed E-state index contributed by atoms with van der Waals surface area (Å²) in [5.41, 5.74) is 16.9. The van der Waals surface area contributed by atoms with Crippen LogP contribution in [0.5, 0.6) is 0 Å². The molecule has 226 valence electrons. The van der Waals surface area contributed by atoms with Gasteiger partial charge < -0.3 is 0 Å². The molecule has 0 N–H and O–H groups in total. The van der Waals surface area contributed by atoms with Gasteiger partial charge in [0.1, 0.15) is 0 Å². The maximum Gasteiger partial charge on any atom is 0.0964 e. The lowest BCUT2D eigenvalue weighted by Crippen LogP contribution is -2.31. The molecule has 2 nitrogen and oxygen atoms in total. The van der Waals surface area contributed by atoms with E-state index < -0.39 is 5.41 Å². The molecular formula is C47H28N2. The molecule has 2 heterocycles. The lowest BCUT2D eigenvalue weighted by atomic mass is 9.61. The second-order valence-corrected chi connectivity index (χ2v) is 13.3. The molecule has 0 saturated carbocycles. The van der Waals surface area contributed by atoms with Gasteiger partial charge in [0.2, 0.25) is 0 Å². The zero-order valence-electron chi connectivity index (χ0n) is 26.6. The molecule has 1 atom stereocenters. The van der Waals surface area contributed by atoms with Crippen molar-refractivity contribution < 1.29 is 0 Å². The van der Waals surface area contributed by atoms with Crippen LogP contribution in [0.25, 0.3) is 77.1 Å². The van der Waals surface area contributed by atoms with E-state index >= 15 is 0 Å². The van der Waals surface area contributed by atoms with Crippen LogP contribution in [0.4, 0.5) is 0 Å². The highest BCUT2D eigenvalue weighted by atomic mass is 14.7. The van der Waals surface area contributed by atoms with E-state index in [0.717, 1.165) is 32.9 Å². The quantitative estimate of drug-likeness (QED) is 0.180. The zero-order chi connectivity index (χ0) is 32.1. The molecule has 2 aromatic heterocycles. The Morgan fingerprint density at radius 3 is 1.86 bits per heavy atom. The molecule has 9 aromatic rings. The van der Waals surface area contributed by atoms with Crippen LogP contribution in [-0.4, -0.2) is 9.97 Å². The Hall–Kier alpha value is -6.38. The maximum absolute atomic E-state index is 4.87. The Kier molecular flexibility index (Phi) is 5.34. The second-order valence-electron chi connectivity index (χ2n) is 13.3. The van der Waals surface area contributed by atoms with Crippen molar-refractivity contribution in [1.29, 1.82) is 0 Å². The fourth-order valence-corrected chi connectivity index (χ4v) is 8.95. The van der Waals surface area contributed by atoms with Gasteiger partial charge in [0.05, 0.1) is 16.4 Å². The molecule has 0 saturated heterocycles. The second kappa shape index (κ2) is 9.82. The molecule has 0 bridgehead atoms. The number of hydrogen-bond acceptors (Lipinski definition) is 2. The molecule has 0 fully saturated rings. The summed E-state index contributed by atoms with van der Waals surface area (Å²) >= 11 is 0. The van der Waals surface area contributed by atoms with Crippen LogP contribution in [-0.2, 0) is 5.41 Å². The molecule has 0 radical (unpaired) electrons. The van der Waals surface area contributed by atoms with Crippen LogP contribution >= 0.6 is 0 Å². The van der Waals surface area contributed by atoms with Crippen molar-refractivity contribution >= 4 is 32.6 Å². The number of aromatic nitrogens is 2.